The SMILES string of the molecule is CC[C@](N)(Cc1ccc(OC)cc1OC)C(=O)O. The second-order valence-electron chi connectivity index (χ2n) is 4.17. The van der Waals surface area contributed by atoms with E-state index in [-0.39, 0.29) is 6.42 Å². The lowest BCUT2D eigenvalue weighted by Gasteiger charge is -2.24. The molecule has 0 saturated carbocycles. The van der Waals surface area contributed by atoms with Crippen molar-refractivity contribution in [1.82, 2.24) is 0 Å². The van der Waals surface area contributed by atoms with Crippen LogP contribution in [0.1, 0.15) is 18.9 Å². The number of hydrogen-bond donors (Lipinski definition) is 2. The second-order valence-corrected chi connectivity index (χ2v) is 4.17. The minimum Gasteiger partial charge on any atom is -0.497 e. The van der Waals surface area contributed by atoms with Gasteiger partial charge in [-0.3, -0.25) is 4.79 Å². The number of benzene rings is 1. The Hall–Kier alpha value is -1.75. The summed E-state index contributed by atoms with van der Waals surface area (Å²) in [7, 11) is 3.09. The number of ether oxygens (including phenoxy) is 2. The van der Waals surface area contributed by atoms with E-state index in [9.17, 15) is 4.79 Å². The maximum absolute atomic E-state index is 11.2. The molecule has 5 heteroatoms. The van der Waals surface area contributed by atoms with Gasteiger partial charge < -0.3 is 20.3 Å². The standard InChI is InChI=1S/C13H19NO4/c1-4-13(14,12(15)16)8-9-5-6-10(17-2)7-11(9)18-3/h5-7H,4,8,14H2,1-3H3,(H,15,16)/t13-/m0/s1. The zero-order chi connectivity index (χ0) is 13.8. The van der Waals surface area contributed by atoms with Gasteiger partial charge in [-0.25, -0.2) is 0 Å². The predicted molar refractivity (Wildman–Crippen MR) is 68.1 cm³/mol. The Morgan fingerprint density at radius 3 is 2.50 bits per heavy atom. The highest BCUT2D eigenvalue weighted by Gasteiger charge is 2.33. The summed E-state index contributed by atoms with van der Waals surface area (Å²) in [6.45, 7) is 1.75. The van der Waals surface area contributed by atoms with E-state index in [1.807, 2.05) is 0 Å². The molecule has 0 fully saturated rings. The second kappa shape index (κ2) is 5.73. The van der Waals surface area contributed by atoms with Crippen LogP contribution < -0.4 is 15.2 Å². The van der Waals surface area contributed by atoms with E-state index in [4.69, 9.17) is 20.3 Å². The summed E-state index contributed by atoms with van der Waals surface area (Å²) in [6, 6.07) is 5.25. The van der Waals surface area contributed by atoms with Crippen LogP contribution in [0.2, 0.25) is 0 Å². The van der Waals surface area contributed by atoms with E-state index in [1.54, 1.807) is 32.2 Å². The van der Waals surface area contributed by atoms with Crippen molar-refractivity contribution in [3.8, 4) is 11.5 Å². The first-order valence-electron chi connectivity index (χ1n) is 5.70. The molecule has 3 N–H and O–H groups in total. The summed E-state index contributed by atoms with van der Waals surface area (Å²) >= 11 is 0. The summed E-state index contributed by atoms with van der Waals surface area (Å²) in [6.07, 6.45) is 0.559. The molecule has 0 aliphatic heterocycles. The molecular weight excluding hydrogens is 234 g/mol. The minimum absolute atomic E-state index is 0.214. The van der Waals surface area contributed by atoms with E-state index in [0.717, 1.165) is 5.56 Å². The molecule has 100 valence electrons. The summed E-state index contributed by atoms with van der Waals surface area (Å²) in [5, 5.41) is 9.17. The lowest BCUT2D eigenvalue weighted by atomic mass is 9.89. The molecule has 0 amide bonds. The number of rotatable bonds is 6. The highest BCUT2D eigenvalue weighted by Crippen LogP contribution is 2.28. The molecule has 1 atom stereocenters. The van der Waals surface area contributed by atoms with E-state index >= 15 is 0 Å². The normalized spacial score (nSPS) is 13.8. The Morgan fingerprint density at radius 1 is 1.39 bits per heavy atom. The third kappa shape index (κ3) is 2.92. The molecule has 0 bridgehead atoms. The summed E-state index contributed by atoms with van der Waals surface area (Å²) < 4.78 is 10.3. The fraction of sp³-hybridized carbons (Fsp3) is 0.462. The Balaban J connectivity index is 3.06. The molecule has 0 aliphatic rings. The van der Waals surface area contributed by atoms with Crippen LogP contribution in [0.4, 0.5) is 0 Å². The van der Waals surface area contributed by atoms with Gasteiger partial charge in [0.15, 0.2) is 0 Å². The average Bonchev–Trinajstić information content (AvgIpc) is 2.38. The van der Waals surface area contributed by atoms with Gasteiger partial charge in [0.25, 0.3) is 0 Å². The molecule has 0 aromatic heterocycles. The number of nitrogens with two attached hydrogens (primary N) is 1. The number of hydrogen-bond acceptors (Lipinski definition) is 4. The fourth-order valence-electron chi connectivity index (χ4n) is 1.69. The van der Waals surface area contributed by atoms with Crippen molar-refractivity contribution in [2.75, 3.05) is 14.2 Å². The van der Waals surface area contributed by atoms with Crippen LogP contribution in [0.3, 0.4) is 0 Å². The topological polar surface area (TPSA) is 81.8 Å². The summed E-state index contributed by atoms with van der Waals surface area (Å²) in [5.74, 6) is 0.229. The largest absolute Gasteiger partial charge is 0.497 e. The van der Waals surface area contributed by atoms with Crippen LogP contribution >= 0.6 is 0 Å². The zero-order valence-electron chi connectivity index (χ0n) is 10.9. The molecule has 0 heterocycles. The van der Waals surface area contributed by atoms with Crippen LogP contribution in [-0.4, -0.2) is 30.8 Å². The van der Waals surface area contributed by atoms with E-state index in [1.165, 1.54) is 7.11 Å². The maximum Gasteiger partial charge on any atom is 0.324 e. The molecule has 1 aromatic rings. The molecule has 0 spiro atoms. The molecule has 5 nitrogen and oxygen atoms in total. The monoisotopic (exact) mass is 253 g/mol. The zero-order valence-corrected chi connectivity index (χ0v) is 10.9. The highest BCUT2D eigenvalue weighted by atomic mass is 16.5. The van der Waals surface area contributed by atoms with E-state index in [2.05, 4.69) is 0 Å². The minimum atomic E-state index is -1.28. The van der Waals surface area contributed by atoms with E-state index in [0.29, 0.717) is 17.9 Å². The van der Waals surface area contributed by atoms with Gasteiger partial charge in [0.05, 0.1) is 14.2 Å². The molecule has 18 heavy (non-hydrogen) atoms. The summed E-state index contributed by atoms with van der Waals surface area (Å²) in [5.41, 5.74) is 5.36. The van der Waals surface area contributed by atoms with Crippen molar-refractivity contribution < 1.29 is 19.4 Å². The van der Waals surface area contributed by atoms with Crippen LogP contribution in [0.15, 0.2) is 18.2 Å². The van der Waals surface area contributed by atoms with Crippen LogP contribution in [0.25, 0.3) is 0 Å². The molecule has 0 aliphatic carbocycles. The lowest BCUT2D eigenvalue weighted by Crippen LogP contribution is -2.49. The molecule has 0 unspecified atom stereocenters. The van der Waals surface area contributed by atoms with Gasteiger partial charge in [0.2, 0.25) is 0 Å². The number of aliphatic carboxylic acids is 1. The van der Waals surface area contributed by atoms with Crippen LogP contribution in [-0.2, 0) is 11.2 Å². The quantitative estimate of drug-likeness (QED) is 0.801. The van der Waals surface area contributed by atoms with Crippen molar-refractivity contribution in [1.29, 1.82) is 0 Å². The first-order chi connectivity index (χ1) is 8.46. The van der Waals surface area contributed by atoms with Gasteiger partial charge in [-0.15, -0.1) is 0 Å². The number of carbonyl (C=O) groups is 1. The number of methoxy groups -OCH3 is 2. The van der Waals surface area contributed by atoms with Crippen molar-refractivity contribution in [3.63, 3.8) is 0 Å². The number of carboxylic acid groups (broad SMARTS) is 1. The molecule has 1 aromatic carbocycles. The first-order valence-corrected chi connectivity index (χ1v) is 5.70. The van der Waals surface area contributed by atoms with Crippen molar-refractivity contribution in [2.45, 2.75) is 25.3 Å². The average molecular weight is 253 g/mol. The third-order valence-corrected chi connectivity index (χ3v) is 3.06. The maximum atomic E-state index is 11.2. The van der Waals surface area contributed by atoms with Crippen LogP contribution in [0.5, 0.6) is 11.5 Å². The predicted octanol–water partition coefficient (Wildman–Crippen LogP) is 1.44. The van der Waals surface area contributed by atoms with Crippen LogP contribution in [0, 0.1) is 0 Å². The molecule has 0 radical (unpaired) electrons. The van der Waals surface area contributed by atoms with Crippen molar-refractivity contribution >= 4 is 5.97 Å². The van der Waals surface area contributed by atoms with E-state index < -0.39 is 11.5 Å². The smallest absolute Gasteiger partial charge is 0.324 e. The lowest BCUT2D eigenvalue weighted by molar-refractivity contribution is -0.143. The van der Waals surface area contributed by atoms with Gasteiger partial charge in [-0.05, 0) is 18.1 Å². The molecule has 0 saturated heterocycles. The Morgan fingerprint density at radius 2 is 2.06 bits per heavy atom. The van der Waals surface area contributed by atoms with Gasteiger partial charge in [0, 0.05) is 12.5 Å². The van der Waals surface area contributed by atoms with Crippen molar-refractivity contribution in [3.05, 3.63) is 23.8 Å². The Labute approximate surface area is 107 Å². The molecule has 1 rings (SSSR count). The highest BCUT2D eigenvalue weighted by molar-refractivity contribution is 5.79. The fourth-order valence-corrected chi connectivity index (χ4v) is 1.69. The number of carboxylic acids is 1. The summed E-state index contributed by atoms with van der Waals surface area (Å²) in [4.78, 5) is 11.2. The van der Waals surface area contributed by atoms with Gasteiger partial charge in [-0.1, -0.05) is 13.0 Å². The first kappa shape index (κ1) is 14.3. The van der Waals surface area contributed by atoms with Gasteiger partial charge in [0.1, 0.15) is 17.0 Å². The van der Waals surface area contributed by atoms with Gasteiger partial charge >= 0.3 is 5.97 Å². The van der Waals surface area contributed by atoms with Crippen molar-refractivity contribution in [2.24, 2.45) is 5.73 Å². The van der Waals surface area contributed by atoms with Gasteiger partial charge in [-0.2, -0.15) is 0 Å². The Bertz CT molecular complexity index is 433. The Kier molecular flexibility index (Phi) is 4.55. The molecular formula is C13H19NO4. The third-order valence-electron chi connectivity index (χ3n) is 3.06.